The summed E-state index contributed by atoms with van der Waals surface area (Å²) in [6.45, 7) is 4.16. The van der Waals surface area contributed by atoms with E-state index >= 15 is 0 Å². The van der Waals surface area contributed by atoms with Crippen molar-refractivity contribution in [2.45, 2.75) is 50.9 Å². The van der Waals surface area contributed by atoms with Gasteiger partial charge in [0.25, 0.3) is 0 Å². The molecule has 1 saturated heterocycles. The minimum Gasteiger partial charge on any atom is -0.481 e. The van der Waals surface area contributed by atoms with Gasteiger partial charge < -0.3 is 20.1 Å². The number of ether oxygens (including phenoxy) is 1. The zero-order valence-electron chi connectivity index (χ0n) is 20.6. The quantitative estimate of drug-likeness (QED) is 0.378. The predicted molar refractivity (Wildman–Crippen MR) is 143 cm³/mol. The Hall–Kier alpha value is -2.97. The van der Waals surface area contributed by atoms with Crippen molar-refractivity contribution in [2.24, 2.45) is 0 Å². The van der Waals surface area contributed by atoms with E-state index < -0.39 is 5.97 Å². The molecule has 2 aliphatic rings. The summed E-state index contributed by atoms with van der Waals surface area (Å²) in [4.78, 5) is 23.7. The Balaban J connectivity index is 1.20. The van der Waals surface area contributed by atoms with Crippen LogP contribution in [0.4, 0.5) is 11.5 Å². The number of nitrogens with one attached hydrogen (secondary N) is 1. The van der Waals surface area contributed by atoms with Gasteiger partial charge in [0.1, 0.15) is 10.8 Å². The lowest BCUT2D eigenvalue weighted by atomic mass is 9.95. The van der Waals surface area contributed by atoms with Gasteiger partial charge in [0.15, 0.2) is 0 Å². The Kier molecular flexibility index (Phi) is 8.13. The molecule has 0 saturated carbocycles. The minimum atomic E-state index is -0.805. The summed E-state index contributed by atoms with van der Waals surface area (Å²) in [6.07, 6.45) is 6.27. The molecule has 8 heteroatoms. The number of thiazole rings is 1. The van der Waals surface area contributed by atoms with Crippen LogP contribution in [0.1, 0.15) is 59.1 Å². The van der Waals surface area contributed by atoms with E-state index in [9.17, 15) is 9.90 Å². The lowest BCUT2D eigenvalue weighted by molar-refractivity contribution is -0.137. The van der Waals surface area contributed by atoms with Crippen LogP contribution in [0.2, 0.25) is 0 Å². The third-order valence-corrected chi connectivity index (χ3v) is 7.97. The summed E-state index contributed by atoms with van der Waals surface area (Å²) in [5.41, 5.74) is 5.65. The number of rotatable bonds is 10. The topological polar surface area (TPSA) is 87.6 Å². The van der Waals surface area contributed by atoms with Crippen LogP contribution in [-0.4, -0.2) is 53.9 Å². The Morgan fingerprint density at radius 3 is 2.78 bits per heavy atom. The molecule has 2 N–H and O–H groups in total. The fourth-order valence-corrected chi connectivity index (χ4v) is 5.98. The first-order valence-corrected chi connectivity index (χ1v) is 13.8. The molecule has 5 rings (SSSR count). The number of aromatic nitrogens is 2. The lowest BCUT2D eigenvalue weighted by Gasteiger charge is -2.29. The number of carboxylic acids is 1. The number of unbranched alkanes of at least 4 members (excludes halogenated alkanes) is 1. The van der Waals surface area contributed by atoms with Gasteiger partial charge >= 0.3 is 5.97 Å². The van der Waals surface area contributed by atoms with Crippen molar-refractivity contribution in [1.82, 2.24) is 9.97 Å². The van der Waals surface area contributed by atoms with E-state index in [1.54, 1.807) is 11.3 Å². The number of hydrogen-bond acceptors (Lipinski definition) is 7. The van der Waals surface area contributed by atoms with Crippen molar-refractivity contribution in [3.8, 4) is 0 Å². The maximum Gasteiger partial charge on any atom is 0.304 e. The summed E-state index contributed by atoms with van der Waals surface area (Å²) < 4.78 is 5.48. The third-order valence-electron chi connectivity index (χ3n) is 6.96. The molecule has 1 fully saturated rings. The second kappa shape index (κ2) is 11.8. The van der Waals surface area contributed by atoms with Crippen LogP contribution in [0.3, 0.4) is 0 Å². The molecule has 7 nitrogen and oxygen atoms in total. The number of fused-ring (bicyclic) bond motifs is 1. The van der Waals surface area contributed by atoms with Crippen molar-refractivity contribution in [2.75, 3.05) is 43.1 Å². The average Bonchev–Trinajstić information content (AvgIpc) is 3.39. The van der Waals surface area contributed by atoms with Gasteiger partial charge in [-0.15, -0.1) is 11.3 Å². The van der Waals surface area contributed by atoms with Crippen molar-refractivity contribution in [3.05, 3.63) is 69.3 Å². The highest BCUT2D eigenvalue weighted by atomic mass is 32.1. The van der Waals surface area contributed by atoms with Crippen molar-refractivity contribution in [1.29, 1.82) is 0 Å². The van der Waals surface area contributed by atoms with E-state index in [0.717, 1.165) is 98.4 Å². The van der Waals surface area contributed by atoms with Crippen molar-refractivity contribution < 1.29 is 14.6 Å². The molecule has 36 heavy (non-hydrogen) atoms. The molecule has 0 aliphatic carbocycles. The summed E-state index contributed by atoms with van der Waals surface area (Å²) >= 11 is 1.58. The highest BCUT2D eigenvalue weighted by Gasteiger charge is 2.23. The lowest BCUT2D eigenvalue weighted by Crippen LogP contribution is -2.36. The zero-order valence-corrected chi connectivity index (χ0v) is 21.4. The van der Waals surface area contributed by atoms with Crippen molar-refractivity contribution in [3.63, 3.8) is 0 Å². The number of pyridine rings is 1. The van der Waals surface area contributed by atoms with Gasteiger partial charge in [-0.2, -0.15) is 0 Å². The molecule has 4 heterocycles. The second-order valence-corrected chi connectivity index (χ2v) is 10.5. The molecule has 0 spiro atoms. The zero-order chi connectivity index (χ0) is 24.7. The third kappa shape index (κ3) is 6.23. The molecule has 190 valence electrons. The fraction of sp³-hybridized carbons (Fsp3) is 0.464. The maximum atomic E-state index is 11.7. The van der Waals surface area contributed by atoms with E-state index in [2.05, 4.69) is 39.9 Å². The molecule has 2 aliphatic heterocycles. The standard InChI is InChI=1S/C28H34N4O3S/c33-26(34)18-25(21-5-3-9-24(17-21)32-13-15-35-16-14-32)28-31-23(19-36-28)8-2-1-7-22-11-10-20-6-4-12-29-27(20)30-22/h3,5,9-11,17,19,25H,1-2,4,6-8,12-16,18H2,(H,29,30)(H,33,34)/t25-/m0/s1. The number of carbonyl (C=O) groups is 1. The predicted octanol–water partition coefficient (Wildman–Crippen LogP) is 4.90. The van der Waals surface area contributed by atoms with Gasteiger partial charge in [-0.05, 0) is 67.9 Å². The normalized spacial score (nSPS) is 16.3. The average molecular weight is 507 g/mol. The largest absolute Gasteiger partial charge is 0.481 e. The Morgan fingerprint density at radius 2 is 1.94 bits per heavy atom. The van der Waals surface area contributed by atoms with Gasteiger partial charge in [0.05, 0.1) is 25.3 Å². The second-order valence-electron chi connectivity index (χ2n) is 9.57. The van der Waals surface area contributed by atoms with Crippen LogP contribution in [0.15, 0.2) is 41.8 Å². The van der Waals surface area contributed by atoms with Gasteiger partial charge in [-0.1, -0.05) is 18.2 Å². The summed E-state index contributed by atoms with van der Waals surface area (Å²) in [5, 5.41) is 16.0. The summed E-state index contributed by atoms with van der Waals surface area (Å²) in [7, 11) is 0. The van der Waals surface area contributed by atoms with E-state index in [1.165, 1.54) is 12.0 Å². The smallest absolute Gasteiger partial charge is 0.304 e. The first kappa shape index (κ1) is 24.7. The van der Waals surface area contributed by atoms with Crippen LogP contribution in [0.25, 0.3) is 0 Å². The van der Waals surface area contributed by atoms with E-state index in [1.807, 2.05) is 12.1 Å². The highest BCUT2D eigenvalue weighted by Crippen LogP contribution is 2.33. The highest BCUT2D eigenvalue weighted by molar-refractivity contribution is 7.09. The number of hydrogen-bond donors (Lipinski definition) is 2. The maximum absolute atomic E-state index is 11.7. The fourth-order valence-electron chi connectivity index (χ4n) is 5.00. The number of anilines is 2. The number of benzene rings is 1. The first-order valence-electron chi connectivity index (χ1n) is 13.0. The number of carboxylic acid groups (broad SMARTS) is 1. The van der Waals surface area contributed by atoms with Gasteiger partial charge in [-0.3, -0.25) is 4.79 Å². The van der Waals surface area contributed by atoms with Crippen molar-refractivity contribution >= 4 is 28.8 Å². The molecular weight excluding hydrogens is 472 g/mol. The van der Waals surface area contributed by atoms with Crippen LogP contribution < -0.4 is 10.2 Å². The Morgan fingerprint density at radius 1 is 1.11 bits per heavy atom. The number of aliphatic carboxylic acids is 1. The molecule has 1 atom stereocenters. The van der Waals surface area contributed by atoms with Crippen LogP contribution in [-0.2, 0) is 28.8 Å². The monoisotopic (exact) mass is 506 g/mol. The molecule has 3 aromatic rings. The Labute approximate surface area is 216 Å². The molecule has 0 unspecified atom stereocenters. The Bertz CT molecular complexity index is 1180. The van der Waals surface area contributed by atoms with Gasteiger partial charge in [-0.25, -0.2) is 9.97 Å². The molecule has 1 aromatic carbocycles. The van der Waals surface area contributed by atoms with Crippen LogP contribution >= 0.6 is 11.3 Å². The SMILES string of the molecule is O=C(O)C[C@@H](c1cccc(N2CCOCC2)c1)c1nc(CCCCc2ccc3c(n2)NCCC3)cs1. The number of morpholine rings is 1. The van der Waals surface area contributed by atoms with E-state index in [4.69, 9.17) is 14.7 Å². The minimum absolute atomic E-state index is 0.0392. The molecule has 0 amide bonds. The molecule has 0 radical (unpaired) electrons. The first-order chi connectivity index (χ1) is 17.7. The molecule has 2 aromatic heterocycles. The van der Waals surface area contributed by atoms with Crippen LogP contribution in [0, 0.1) is 0 Å². The summed E-state index contributed by atoms with van der Waals surface area (Å²) in [5.74, 6) is 0.0139. The van der Waals surface area contributed by atoms with E-state index in [-0.39, 0.29) is 12.3 Å². The van der Waals surface area contributed by atoms with Crippen LogP contribution in [0.5, 0.6) is 0 Å². The molecule has 0 bridgehead atoms. The van der Waals surface area contributed by atoms with Gasteiger partial charge in [0, 0.05) is 42.3 Å². The van der Waals surface area contributed by atoms with E-state index in [0.29, 0.717) is 0 Å². The molecular formula is C28H34N4O3S. The number of nitrogens with zero attached hydrogens (tertiary/aromatic N) is 3. The van der Waals surface area contributed by atoms with Gasteiger partial charge in [0.2, 0.25) is 0 Å². The number of aryl methyl sites for hydroxylation is 3. The summed E-state index contributed by atoms with van der Waals surface area (Å²) in [6, 6.07) is 12.6.